The maximum absolute atomic E-state index is 13.4. The molecule has 0 bridgehead atoms. The van der Waals surface area contributed by atoms with Crippen LogP contribution in [0.15, 0.2) is 36.4 Å². The number of rotatable bonds is 8. The molecule has 1 saturated carbocycles. The first-order valence-corrected chi connectivity index (χ1v) is 11.0. The van der Waals surface area contributed by atoms with E-state index in [0.717, 1.165) is 54.3 Å². The van der Waals surface area contributed by atoms with Gasteiger partial charge in [-0.05, 0) is 49.7 Å². The summed E-state index contributed by atoms with van der Waals surface area (Å²) in [6.45, 7) is 9.85. The van der Waals surface area contributed by atoms with Crippen molar-refractivity contribution in [1.29, 1.82) is 0 Å². The van der Waals surface area contributed by atoms with Gasteiger partial charge in [0.2, 0.25) is 0 Å². The molecule has 0 spiro atoms. The minimum Gasteiger partial charge on any atom is -0.493 e. The summed E-state index contributed by atoms with van der Waals surface area (Å²) in [4.78, 5) is 13.4. The Bertz CT molecular complexity index is 832. The molecule has 0 heterocycles. The van der Waals surface area contributed by atoms with Crippen LogP contribution in [0.4, 0.5) is 5.69 Å². The summed E-state index contributed by atoms with van der Waals surface area (Å²) in [5, 5.41) is 5.21. The molecule has 1 amide bonds. The third-order valence-electron chi connectivity index (χ3n) is 5.66. The van der Waals surface area contributed by atoms with Crippen LogP contribution in [-0.2, 0) is 9.53 Å². The zero-order valence-electron chi connectivity index (χ0n) is 18.3. The lowest BCUT2D eigenvalue weighted by molar-refractivity contribution is -0.148. The van der Waals surface area contributed by atoms with Crippen LogP contribution >= 0.6 is 0 Å². The predicted octanol–water partition coefficient (Wildman–Crippen LogP) is 6.19. The lowest BCUT2D eigenvalue weighted by atomic mass is 9.78. The fourth-order valence-corrected chi connectivity index (χ4v) is 4.20. The number of ether oxygens (including phenoxy) is 2. The second kappa shape index (κ2) is 9.62. The number of anilines is 1. The summed E-state index contributed by atoms with van der Waals surface area (Å²) in [6.07, 6.45) is 4.67. The molecule has 29 heavy (non-hydrogen) atoms. The summed E-state index contributed by atoms with van der Waals surface area (Å²) in [5.41, 5.74) is 0.0990. The van der Waals surface area contributed by atoms with E-state index in [-0.39, 0.29) is 5.91 Å². The number of nitrogens with one attached hydrogen (secondary N) is 1. The number of fused-ring (bicyclic) bond motifs is 1. The number of hydrogen-bond acceptors (Lipinski definition) is 3. The van der Waals surface area contributed by atoms with Gasteiger partial charge in [-0.3, -0.25) is 4.79 Å². The zero-order chi connectivity index (χ0) is 20.9. The Morgan fingerprint density at radius 2 is 1.97 bits per heavy atom. The lowest BCUT2D eigenvalue weighted by Crippen LogP contribution is -2.48. The maximum Gasteiger partial charge on any atom is 0.256 e. The standard InChI is InChI=1S/C25H35NO3/c1-5-15-29-25(14-8-9-19(4)16-25)24(27)26-22-12-13-23(28-17-18(2)3)21-11-7-6-10-20(21)22/h6-7,10-13,18-19H,5,8-9,14-17H2,1-4H3,(H,26,27)/t19-,25+/m1/s1. The Balaban J connectivity index is 1.88. The molecule has 2 atom stereocenters. The van der Waals surface area contributed by atoms with Crippen LogP contribution < -0.4 is 10.1 Å². The monoisotopic (exact) mass is 397 g/mol. The lowest BCUT2D eigenvalue weighted by Gasteiger charge is -2.38. The molecule has 0 radical (unpaired) electrons. The molecular formula is C25H35NO3. The summed E-state index contributed by atoms with van der Waals surface area (Å²) >= 11 is 0. The van der Waals surface area contributed by atoms with Gasteiger partial charge in [0.1, 0.15) is 11.4 Å². The Kier molecular flexibility index (Phi) is 7.18. The average molecular weight is 398 g/mol. The molecule has 2 aromatic rings. The molecular weight excluding hydrogens is 362 g/mol. The van der Waals surface area contributed by atoms with E-state index in [4.69, 9.17) is 9.47 Å². The van der Waals surface area contributed by atoms with Crippen molar-refractivity contribution in [2.75, 3.05) is 18.5 Å². The predicted molar refractivity (Wildman–Crippen MR) is 120 cm³/mol. The van der Waals surface area contributed by atoms with Gasteiger partial charge in [-0.1, -0.05) is 58.4 Å². The third-order valence-corrected chi connectivity index (χ3v) is 5.66. The summed E-state index contributed by atoms with van der Waals surface area (Å²) in [6, 6.07) is 12.0. The van der Waals surface area contributed by atoms with Crippen molar-refractivity contribution >= 4 is 22.4 Å². The topological polar surface area (TPSA) is 47.6 Å². The third kappa shape index (κ3) is 5.11. The molecule has 4 heteroatoms. The van der Waals surface area contributed by atoms with Crippen molar-refractivity contribution in [3.63, 3.8) is 0 Å². The molecule has 158 valence electrons. The van der Waals surface area contributed by atoms with Gasteiger partial charge < -0.3 is 14.8 Å². The molecule has 4 nitrogen and oxygen atoms in total. The van der Waals surface area contributed by atoms with Crippen molar-refractivity contribution in [2.24, 2.45) is 11.8 Å². The van der Waals surface area contributed by atoms with Crippen LogP contribution in [0.3, 0.4) is 0 Å². The normalized spacial score (nSPS) is 22.0. The largest absolute Gasteiger partial charge is 0.493 e. The van der Waals surface area contributed by atoms with E-state index < -0.39 is 5.60 Å². The van der Waals surface area contributed by atoms with Crippen LogP contribution in [0.25, 0.3) is 10.8 Å². The molecule has 0 aliphatic heterocycles. The molecule has 3 rings (SSSR count). The SMILES string of the molecule is CCCO[C@@]1(C(=O)Nc2ccc(OCC(C)C)c3ccccc23)CCC[C@@H](C)C1. The molecule has 1 aliphatic rings. The van der Waals surface area contributed by atoms with Gasteiger partial charge in [0.15, 0.2) is 0 Å². The first kappa shape index (κ1) is 21.6. The van der Waals surface area contributed by atoms with E-state index in [1.807, 2.05) is 36.4 Å². The van der Waals surface area contributed by atoms with Gasteiger partial charge in [-0.25, -0.2) is 0 Å². The molecule has 1 aliphatic carbocycles. The Hall–Kier alpha value is -2.07. The van der Waals surface area contributed by atoms with Gasteiger partial charge in [0.25, 0.3) is 5.91 Å². The van der Waals surface area contributed by atoms with Gasteiger partial charge >= 0.3 is 0 Å². The first-order chi connectivity index (χ1) is 13.9. The summed E-state index contributed by atoms with van der Waals surface area (Å²) in [5.74, 6) is 1.79. The van der Waals surface area contributed by atoms with Crippen molar-refractivity contribution in [3.8, 4) is 5.75 Å². The van der Waals surface area contributed by atoms with Crippen LogP contribution in [0, 0.1) is 11.8 Å². The number of hydrogen-bond donors (Lipinski definition) is 1. The minimum atomic E-state index is -0.721. The van der Waals surface area contributed by atoms with Gasteiger partial charge in [0, 0.05) is 23.1 Å². The maximum atomic E-state index is 13.4. The minimum absolute atomic E-state index is 0.0153. The second-order valence-electron chi connectivity index (χ2n) is 8.86. The molecule has 1 N–H and O–H groups in total. The van der Waals surface area contributed by atoms with Gasteiger partial charge in [-0.15, -0.1) is 0 Å². The van der Waals surface area contributed by atoms with Gasteiger partial charge in [-0.2, -0.15) is 0 Å². The number of benzene rings is 2. The highest BCUT2D eigenvalue weighted by molar-refractivity contribution is 6.06. The molecule has 0 aromatic heterocycles. The summed E-state index contributed by atoms with van der Waals surface area (Å²) < 4.78 is 12.2. The quantitative estimate of drug-likeness (QED) is 0.578. The van der Waals surface area contributed by atoms with E-state index in [1.54, 1.807) is 0 Å². The van der Waals surface area contributed by atoms with Crippen molar-refractivity contribution in [3.05, 3.63) is 36.4 Å². The van der Waals surface area contributed by atoms with E-state index in [2.05, 4.69) is 33.0 Å². The highest BCUT2D eigenvalue weighted by Crippen LogP contribution is 2.38. The number of carbonyl (C=O) groups is 1. The van der Waals surface area contributed by atoms with Gasteiger partial charge in [0.05, 0.1) is 6.61 Å². The van der Waals surface area contributed by atoms with E-state index in [0.29, 0.717) is 25.0 Å². The fraction of sp³-hybridized carbons (Fsp3) is 0.560. The average Bonchev–Trinajstić information content (AvgIpc) is 2.71. The fourth-order valence-electron chi connectivity index (χ4n) is 4.20. The molecule has 2 aromatic carbocycles. The number of amides is 1. The smallest absolute Gasteiger partial charge is 0.256 e. The van der Waals surface area contributed by atoms with Crippen molar-refractivity contribution in [1.82, 2.24) is 0 Å². The Morgan fingerprint density at radius 1 is 1.21 bits per heavy atom. The first-order valence-electron chi connectivity index (χ1n) is 11.0. The van der Waals surface area contributed by atoms with E-state index in [1.165, 1.54) is 0 Å². The van der Waals surface area contributed by atoms with Crippen LogP contribution in [0.1, 0.15) is 59.8 Å². The highest BCUT2D eigenvalue weighted by Gasteiger charge is 2.42. The molecule has 1 fully saturated rings. The highest BCUT2D eigenvalue weighted by atomic mass is 16.5. The summed E-state index contributed by atoms with van der Waals surface area (Å²) in [7, 11) is 0. The van der Waals surface area contributed by atoms with Crippen LogP contribution in [-0.4, -0.2) is 24.7 Å². The van der Waals surface area contributed by atoms with Crippen molar-refractivity contribution in [2.45, 2.75) is 65.4 Å². The second-order valence-corrected chi connectivity index (χ2v) is 8.86. The number of carbonyl (C=O) groups excluding carboxylic acids is 1. The molecule has 0 saturated heterocycles. The Labute approximate surface area is 175 Å². The van der Waals surface area contributed by atoms with Crippen LogP contribution in [0.2, 0.25) is 0 Å². The Morgan fingerprint density at radius 3 is 2.66 bits per heavy atom. The molecule has 0 unspecified atom stereocenters. The van der Waals surface area contributed by atoms with Crippen molar-refractivity contribution < 1.29 is 14.3 Å². The van der Waals surface area contributed by atoms with E-state index >= 15 is 0 Å². The zero-order valence-corrected chi connectivity index (χ0v) is 18.3. The van der Waals surface area contributed by atoms with E-state index in [9.17, 15) is 4.79 Å². The van der Waals surface area contributed by atoms with Crippen LogP contribution in [0.5, 0.6) is 5.75 Å².